The Hall–Kier alpha value is -0.510. The van der Waals surface area contributed by atoms with Crippen molar-refractivity contribution in [3.8, 4) is 0 Å². The summed E-state index contributed by atoms with van der Waals surface area (Å²) in [6, 6.07) is 10.3. The summed E-state index contributed by atoms with van der Waals surface area (Å²) in [4.78, 5) is 0. The zero-order valence-corrected chi connectivity index (χ0v) is 10.4. The highest BCUT2D eigenvalue weighted by Gasteiger charge is 2.24. The highest BCUT2D eigenvalue weighted by molar-refractivity contribution is 8.00. The van der Waals surface area contributed by atoms with Crippen molar-refractivity contribution in [3.63, 3.8) is 0 Å². The average Bonchev–Trinajstić information content (AvgIpc) is 2.78. The lowest BCUT2D eigenvalue weighted by Gasteiger charge is -2.10. The van der Waals surface area contributed by atoms with E-state index in [-0.39, 0.29) is 0 Å². The van der Waals surface area contributed by atoms with Gasteiger partial charge in [0.15, 0.2) is 0 Å². The van der Waals surface area contributed by atoms with Crippen LogP contribution in [0.25, 0.3) is 0 Å². The smallest absolute Gasteiger partial charge is 0.103 e. The highest BCUT2D eigenvalue weighted by Crippen LogP contribution is 2.34. The minimum Gasteiger partial charge on any atom is -0.376 e. The van der Waals surface area contributed by atoms with E-state index in [0.717, 1.165) is 19.6 Å². The Balaban J connectivity index is 1.65. The quantitative estimate of drug-likeness (QED) is 0.785. The van der Waals surface area contributed by atoms with Crippen LogP contribution in [-0.4, -0.2) is 24.4 Å². The molecule has 1 aromatic carbocycles. The van der Waals surface area contributed by atoms with Gasteiger partial charge in [0.1, 0.15) is 5.44 Å². The van der Waals surface area contributed by atoms with Gasteiger partial charge in [0.25, 0.3) is 0 Å². The van der Waals surface area contributed by atoms with E-state index in [9.17, 15) is 0 Å². The lowest BCUT2D eigenvalue weighted by molar-refractivity contribution is 0.121. The molecular weight excluding hydrogens is 220 g/mol. The van der Waals surface area contributed by atoms with Crippen molar-refractivity contribution in [3.05, 3.63) is 35.9 Å². The van der Waals surface area contributed by atoms with Crippen LogP contribution in [0.5, 0.6) is 0 Å². The van der Waals surface area contributed by atoms with E-state index in [1.807, 2.05) is 30.0 Å². The molecule has 1 aromatic rings. The molecule has 0 radical (unpaired) electrons. The summed E-state index contributed by atoms with van der Waals surface area (Å²) in [6.07, 6.45) is 2.36. The van der Waals surface area contributed by atoms with E-state index < -0.39 is 0 Å². The molecule has 0 aromatic heterocycles. The molecule has 3 heteroatoms. The van der Waals surface area contributed by atoms with Crippen LogP contribution in [0, 0.1) is 0 Å². The maximum absolute atomic E-state index is 5.72. The van der Waals surface area contributed by atoms with Gasteiger partial charge in [-0.25, -0.2) is 0 Å². The Morgan fingerprint density at radius 3 is 2.75 bits per heavy atom. The van der Waals surface area contributed by atoms with Crippen molar-refractivity contribution >= 4 is 11.8 Å². The standard InChI is InChI=1S/C13H18O2S/c1-14-13-8-7-12(16-13)10-15-9-11-5-3-2-4-6-11/h2-6,12-13H,7-10H2,1H3. The zero-order valence-electron chi connectivity index (χ0n) is 9.59. The van der Waals surface area contributed by atoms with Crippen molar-refractivity contribution in [1.82, 2.24) is 0 Å². The van der Waals surface area contributed by atoms with E-state index in [4.69, 9.17) is 9.47 Å². The van der Waals surface area contributed by atoms with Gasteiger partial charge in [-0.2, -0.15) is 0 Å². The van der Waals surface area contributed by atoms with Crippen LogP contribution >= 0.6 is 11.8 Å². The second-order valence-electron chi connectivity index (χ2n) is 4.00. The molecule has 2 atom stereocenters. The van der Waals surface area contributed by atoms with Gasteiger partial charge >= 0.3 is 0 Å². The Morgan fingerprint density at radius 1 is 1.25 bits per heavy atom. The van der Waals surface area contributed by atoms with Crippen molar-refractivity contribution in [1.29, 1.82) is 0 Å². The Labute approximate surface area is 101 Å². The highest BCUT2D eigenvalue weighted by atomic mass is 32.2. The fourth-order valence-corrected chi connectivity index (χ4v) is 3.11. The fraction of sp³-hybridized carbons (Fsp3) is 0.538. The maximum Gasteiger partial charge on any atom is 0.103 e. The van der Waals surface area contributed by atoms with Gasteiger partial charge in [-0.05, 0) is 18.4 Å². The van der Waals surface area contributed by atoms with Crippen LogP contribution in [0.3, 0.4) is 0 Å². The van der Waals surface area contributed by atoms with Crippen molar-refractivity contribution in [2.75, 3.05) is 13.7 Å². The lowest BCUT2D eigenvalue weighted by Crippen LogP contribution is -2.08. The van der Waals surface area contributed by atoms with Crippen LogP contribution in [0.4, 0.5) is 0 Å². The van der Waals surface area contributed by atoms with Crippen molar-refractivity contribution < 1.29 is 9.47 Å². The molecule has 1 saturated heterocycles. The second kappa shape index (κ2) is 6.28. The summed E-state index contributed by atoms with van der Waals surface area (Å²) in [5.41, 5.74) is 1.62. The Kier molecular flexibility index (Phi) is 4.69. The lowest BCUT2D eigenvalue weighted by atomic mass is 10.2. The summed E-state index contributed by atoms with van der Waals surface area (Å²) in [5, 5.41) is 0.605. The average molecular weight is 238 g/mol. The summed E-state index contributed by atoms with van der Waals surface area (Å²) in [7, 11) is 1.78. The first-order chi connectivity index (χ1) is 7.88. The summed E-state index contributed by atoms with van der Waals surface area (Å²) in [6.45, 7) is 1.55. The Bertz CT molecular complexity index is 302. The molecule has 1 aliphatic heterocycles. The predicted octanol–water partition coefficient (Wildman–Crippen LogP) is 3.07. The van der Waals surface area contributed by atoms with Gasteiger partial charge in [-0.3, -0.25) is 0 Å². The molecule has 1 fully saturated rings. The van der Waals surface area contributed by atoms with Gasteiger partial charge in [0.05, 0.1) is 13.2 Å². The number of benzene rings is 1. The van der Waals surface area contributed by atoms with E-state index in [0.29, 0.717) is 10.7 Å². The zero-order chi connectivity index (χ0) is 11.2. The minimum absolute atomic E-state index is 0.380. The van der Waals surface area contributed by atoms with Gasteiger partial charge in [0.2, 0.25) is 0 Å². The molecule has 88 valence electrons. The molecule has 1 aliphatic rings. The van der Waals surface area contributed by atoms with Gasteiger partial charge < -0.3 is 9.47 Å². The van der Waals surface area contributed by atoms with E-state index in [1.165, 1.54) is 12.0 Å². The van der Waals surface area contributed by atoms with E-state index >= 15 is 0 Å². The van der Waals surface area contributed by atoms with Gasteiger partial charge in [-0.1, -0.05) is 30.3 Å². The molecule has 0 amide bonds. The fourth-order valence-electron chi connectivity index (χ4n) is 1.85. The number of hydrogen-bond acceptors (Lipinski definition) is 3. The maximum atomic E-state index is 5.72. The minimum atomic E-state index is 0.380. The third kappa shape index (κ3) is 3.51. The first kappa shape index (κ1) is 12.0. The molecule has 0 bridgehead atoms. The summed E-state index contributed by atoms with van der Waals surface area (Å²) < 4.78 is 11.0. The topological polar surface area (TPSA) is 18.5 Å². The molecule has 2 nitrogen and oxygen atoms in total. The number of thioether (sulfide) groups is 1. The van der Waals surface area contributed by atoms with Gasteiger partial charge in [-0.15, -0.1) is 11.8 Å². The molecule has 2 rings (SSSR count). The molecule has 16 heavy (non-hydrogen) atoms. The van der Waals surface area contributed by atoms with Gasteiger partial charge in [0, 0.05) is 12.4 Å². The van der Waals surface area contributed by atoms with Crippen LogP contribution in [-0.2, 0) is 16.1 Å². The number of rotatable bonds is 5. The normalized spacial score (nSPS) is 24.8. The molecule has 2 unspecified atom stereocenters. The molecule has 0 spiro atoms. The monoisotopic (exact) mass is 238 g/mol. The predicted molar refractivity (Wildman–Crippen MR) is 67.5 cm³/mol. The molecule has 0 N–H and O–H groups in total. The van der Waals surface area contributed by atoms with E-state index in [1.54, 1.807) is 7.11 Å². The molecule has 1 heterocycles. The van der Waals surface area contributed by atoms with Crippen LogP contribution in [0.15, 0.2) is 30.3 Å². The molecular formula is C13H18O2S. The Morgan fingerprint density at radius 2 is 2.06 bits per heavy atom. The van der Waals surface area contributed by atoms with Crippen LogP contribution in [0.1, 0.15) is 18.4 Å². The SMILES string of the molecule is COC1CCC(COCc2ccccc2)S1. The number of ether oxygens (including phenoxy) is 2. The first-order valence-electron chi connectivity index (χ1n) is 5.68. The largest absolute Gasteiger partial charge is 0.376 e. The molecule has 0 saturated carbocycles. The summed E-state index contributed by atoms with van der Waals surface area (Å²) in [5.74, 6) is 0. The third-order valence-electron chi connectivity index (χ3n) is 2.75. The van der Waals surface area contributed by atoms with Crippen LogP contribution in [0.2, 0.25) is 0 Å². The van der Waals surface area contributed by atoms with E-state index in [2.05, 4.69) is 12.1 Å². The van der Waals surface area contributed by atoms with Crippen molar-refractivity contribution in [2.45, 2.75) is 30.1 Å². The number of hydrogen-bond donors (Lipinski definition) is 0. The summed E-state index contributed by atoms with van der Waals surface area (Å²) >= 11 is 1.90. The second-order valence-corrected chi connectivity index (χ2v) is 5.47. The van der Waals surface area contributed by atoms with Crippen LogP contribution < -0.4 is 0 Å². The first-order valence-corrected chi connectivity index (χ1v) is 6.62. The number of methoxy groups -OCH3 is 1. The third-order valence-corrected chi connectivity index (χ3v) is 4.24. The molecule has 0 aliphatic carbocycles. The van der Waals surface area contributed by atoms with Crippen molar-refractivity contribution in [2.24, 2.45) is 0 Å².